The lowest BCUT2D eigenvalue weighted by Gasteiger charge is -2.33. The smallest absolute Gasteiger partial charge is 0.262 e. The zero-order valence-corrected chi connectivity index (χ0v) is 13.9. The van der Waals surface area contributed by atoms with Gasteiger partial charge in [-0.25, -0.2) is 0 Å². The van der Waals surface area contributed by atoms with Gasteiger partial charge >= 0.3 is 0 Å². The molecule has 0 saturated carbocycles. The van der Waals surface area contributed by atoms with Crippen LogP contribution in [-0.2, 0) is 11.2 Å². The third-order valence-corrected chi connectivity index (χ3v) is 4.95. The van der Waals surface area contributed by atoms with E-state index in [1.54, 1.807) is 36.1 Å². The van der Waals surface area contributed by atoms with E-state index in [2.05, 4.69) is 0 Å². The molecule has 5 nitrogen and oxygen atoms in total. The Labute approximate surface area is 145 Å². The summed E-state index contributed by atoms with van der Waals surface area (Å²) in [6.07, 6.45) is 1.80. The van der Waals surface area contributed by atoms with E-state index in [0.29, 0.717) is 17.7 Å². The van der Waals surface area contributed by atoms with Crippen molar-refractivity contribution in [2.24, 2.45) is 0 Å². The van der Waals surface area contributed by atoms with Crippen molar-refractivity contribution in [1.82, 2.24) is 4.90 Å². The maximum absolute atomic E-state index is 13.1. The summed E-state index contributed by atoms with van der Waals surface area (Å²) < 4.78 is 0. The second kappa shape index (κ2) is 5.84. The first-order valence-electron chi connectivity index (χ1n) is 8.46. The van der Waals surface area contributed by atoms with Crippen molar-refractivity contribution in [1.29, 1.82) is 0 Å². The Balaban J connectivity index is 1.65. The number of rotatable bonds is 2. The molecule has 25 heavy (non-hydrogen) atoms. The van der Waals surface area contributed by atoms with Crippen LogP contribution < -0.4 is 4.90 Å². The molecule has 0 radical (unpaired) electrons. The molecule has 126 valence electrons. The number of imide groups is 1. The van der Waals surface area contributed by atoms with Crippen LogP contribution in [0.1, 0.15) is 39.6 Å². The van der Waals surface area contributed by atoms with Crippen LogP contribution in [0.15, 0.2) is 48.5 Å². The number of nitrogens with zero attached hydrogens (tertiary/aromatic N) is 2. The molecule has 0 spiro atoms. The number of anilines is 1. The number of hydrogen-bond acceptors (Lipinski definition) is 3. The summed E-state index contributed by atoms with van der Waals surface area (Å²) >= 11 is 0. The van der Waals surface area contributed by atoms with E-state index in [9.17, 15) is 14.4 Å². The summed E-state index contributed by atoms with van der Waals surface area (Å²) in [6, 6.07) is 13.7. The van der Waals surface area contributed by atoms with E-state index in [0.717, 1.165) is 29.0 Å². The van der Waals surface area contributed by atoms with E-state index >= 15 is 0 Å². The van der Waals surface area contributed by atoms with Gasteiger partial charge in [-0.2, -0.15) is 0 Å². The van der Waals surface area contributed by atoms with Gasteiger partial charge in [-0.1, -0.05) is 30.3 Å². The van der Waals surface area contributed by atoms with Crippen molar-refractivity contribution in [2.45, 2.75) is 25.8 Å². The van der Waals surface area contributed by atoms with E-state index in [1.165, 1.54) is 0 Å². The molecule has 0 fully saturated rings. The predicted octanol–water partition coefficient (Wildman–Crippen LogP) is 2.65. The van der Waals surface area contributed by atoms with E-state index in [4.69, 9.17) is 0 Å². The first-order valence-corrected chi connectivity index (χ1v) is 8.46. The Kier molecular flexibility index (Phi) is 3.64. The molecule has 4 rings (SSSR count). The summed E-state index contributed by atoms with van der Waals surface area (Å²) in [7, 11) is 0. The van der Waals surface area contributed by atoms with Crippen LogP contribution in [0.3, 0.4) is 0 Å². The van der Waals surface area contributed by atoms with Gasteiger partial charge in [0.1, 0.15) is 6.04 Å². The quantitative estimate of drug-likeness (QED) is 0.794. The minimum absolute atomic E-state index is 0.221. The molecular formula is C20H18N2O3. The zero-order valence-electron chi connectivity index (χ0n) is 13.9. The van der Waals surface area contributed by atoms with Crippen molar-refractivity contribution in [3.8, 4) is 0 Å². The summed E-state index contributed by atoms with van der Waals surface area (Å²) in [5, 5.41) is 0. The molecule has 0 unspecified atom stereocenters. The van der Waals surface area contributed by atoms with Crippen LogP contribution >= 0.6 is 0 Å². The fraction of sp³-hybridized carbons (Fsp3) is 0.250. The van der Waals surface area contributed by atoms with E-state index in [-0.39, 0.29) is 5.91 Å². The molecular weight excluding hydrogens is 316 g/mol. The van der Waals surface area contributed by atoms with Gasteiger partial charge in [0, 0.05) is 12.2 Å². The topological polar surface area (TPSA) is 57.7 Å². The molecule has 3 amide bonds. The van der Waals surface area contributed by atoms with E-state index < -0.39 is 17.9 Å². The molecule has 1 atom stereocenters. The summed E-state index contributed by atoms with van der Waals surface area (Å²) in [5.41, 5.74) is 2.73. The number of aryl methyl sites for hydroxylation is 1. The number of benzene rings is 2. The number of carbonyl (C=O) groups is 3. The van der Waals surface area contributed by atoms with Crippen molar-refractivity contribution in [3.63, 3.8) is 0 Å². The van der Waals surface area contributed by atoms with Crippen LogP contribution in [0.4, 0.5) is 5.69 Å². The highest BCUT2D eigenvalue weighted by molar-refractivity contribution is 6.23. The standard InChI is InChI=1S/C20H18N2O3/c1-13(22-19(24)15-9-3-4-10-16(15)20(22)25)18(23)21-12-6-8-14-7-2-5-11-17(14)21/h2-5,7,9-11,13H,6,8,12H2,1H3/t13-/m1/s1. The molecule has 2 aromatic carbocycles. The Bertz CT molecular complexity index is 855. The van der Waals surface area contributed by atoms with Crippen LogP contribution in [0.25, 0.3) is 0 Å². The van der Waals surface area contributed by atoms with Crippen LogP contribution in [0.2, 0.25) is 0 Å². The van der Waals surface area contributed by atoms with Gasteiger partial charge < -0.3 is 4.90 Å². The Morgan fingerprint density at radius 2 is 1.56 bits per heavy atom. The fourth-order valence-corrected chi connectivity index (χ4v) is 3.66. The van der Waals surface area contributed by atoms with Crippen LogP contribution in [-0.4, -0.2) is 35.2 Å². The summed E-state index contributed by atoms with van der Waals surface area (Å²) in [6.45, 7) is 2.23. The molecule has 0 saturated heterocycles. The molecule has 5 heteroatoms. The van der Waals surface area contributed by atoms with Crippen molar-refractivity contribution >= 4 is 23.4 Å². The molecule has 2 aromatic rings. The number of fused-ring (bicyclic) bond motifs is 2. The molecule has 2 aliphatic heterocycles. The number of para-hydroxylation sites is 1. The van der Waals surface area contributed by atoms with Gasteiger partial charge in [0.2, 0.25) is 5.91 Å². The highest BCUT2D eigenvalue weighted by atomic mass is 16.2. The maximum Gasteiger partial charge on any atom is 0.262 e. The van der Waals surface area contributed by atoms with Crippen molar-refractivity contribution in [3.05, 3.63) is 65.2 Å². The molecule has 0 aromatic heterocycles. The number of hydrogen-bond donors (Lipinski definition) is 0. The Morgan fingerprint density at radius 3 is 2.24 bits per heavy atom. The number of carbonyl (C=O) groups excluding carboxylic acids is 3. The van der Waals surface area contributed by atoms with Gasteiger partial charge in [0.15, 0.2) is 0 Å². The fourth-order valence-electron chi connectivity index (χ4n) is 3.66. The predicted molar refractivity (Wildman–Crippen MR) is 93.5 cm³/mol. The minimum atomic E-state index is -0.835. The lowest BCUT2D eigenvalue weighted by Crippen LogP contribution is -2.50. The van der Waals surface area contributed by atoms with Gasteiger partial charge in [-0.05, 0) is 43.5 Å². The maximum atomic E-state index is 13.1. The molecule has 2 heterocycles. The van der Waals surface area contributed by atoms with Gasteiger partial charge in [-0.3, -0.25) is 19.3 Å². The molecule has 0 aliphatic carbocycles. The lowest BCUT2D eigenvalue weighted by atomic mass is 10.0. The average Bonchev–Trinajstić information content (AvgIpc) is 2.91. The van der Waals surface area contributed by atoms with Crippen LogP contribution in [0.5, 0.6) is 0 Å². The normalized spacial score (nSPS) is 17.3. The first-order chi connectivity index (χ1) is 12.1. The second-order valence-corrected chi connectivity index (χ2v) is 6.42. The van der Waals surface area contributed by atoms with Crippen LogP contribution in [0, 0.1) is 0 Å². The third-order valence-electron chi connectivity index (χ3n) is 4.95. The Hall–Kier alpha value is -2.95. The minimum Gasteiger partial charge on any atom is -0.310 e. The van der Waals surface area contributed by atoms with Gasteiger partial charge in [0.25, 0.3) is 11.8 Å². The zero-order chi connectivity index (χ0) is 17.6. The SMILES string of the molecule is C[C@H](C(=O)N1CCCc2ccccc21)N1C(=O)c2ccccc2C1=O. The van der Waals surface area contributed by atoms with Crippen molar-refractivity contribution < 1.29 is 14.4 Å². The summed E-state index contributed by atoms with van der Waals surface area (Å²) in [4.78, 5) is 41.1. The molecule has 2 aliphatic rings. The summed E-state index contributed by atoms with van der Waals surface area (Å²) in [5.74, 6) is -1.01. The largest absolute Gasteiger partial charge is 0.310 e. The first kappa shape index (κ1) is 15.6. The second-order valence-electron chi connectivity index (χ2n) is 6.42. The van der Waals surface area contributed by atoms with Gasteiger partial charge in [-0.15, -0.1) is 0 Å². The van der Waals surface area contributed by atoms with E-state index in [1.807, 2.05) is 24.3 Å². The lowest BCUT2D eigenvalue weighted by molar-refractivity contribution is -0.122. The molecule has 0 N–H and O–H groups in total. The highest BCUT2D eigenvalue weighted by Crippen LogP contribution is 2.30. The highest BCUT2D eigenvalue weighted by Gasteiger charge is 2.42. The van der Waals surface area contributed by atoms with Gasteiger partial charge in [0.05, 0.1) is 11.1 Å². The van der Waals surface area contributed by atoms with Crippen molar-refractivity contribution in [2.75, 3.05) is 11.4 Å². The number of amides is 3. The third kappa shape index (κ3) is 2.35. The monoisotopic (exact) mass is 334 g/mol. The molecule has 0 bridgehead atoms. The average molecular weight is 334 g/mol. The Morgan fingerprint density at radius 1 is 0.960 bits per heavy atom.